The van der Waals surface area contributed by atoms with Gasteiger partial charge in [-0.15, -0.1) is 12.4 Å². The molecule has 4 heterocycles. The van der Waals surface area contributed by atoms with E-state index in [0.717, 1.165) is 78.8 Å². The fourth-order valence-electron chi connectivity index (χ4n) is 3.86. The number of fused-ring (bicyclic) bond motifs is 1. The molecular weight excluding hydrogens is 470 g/mol. The van der Waals surface area contributed by atoms with Gasteiger partial charge in [-0.05, 0) is 19.2 Å². The highest BCUT2D eigenvalue weighted by molar-refractivity contribution is 5.85. The van der Waals surface area contributed by atoms with Gasteiger partial charge in [0.25, 0.3) is 5.56 Å². The van der Waals surface area contributed by atoms with Gasteiger partial charge in [0.05, 0.1) is 32.0 Å². The maximum absolute atomic E-state index is 13.1. The standard InChI is InChI=1S/C21H32N6O3.C2H6.CH5N.ClH/c28-21-18(17-22-4-7-25-9-13-29-14-10-25)20(24-19-3-1-2-6-27(19)21)23-5-8-26-11-15-30-16-12-26;2*1-2;/h1-3,6,22-23H,4-5,7-17H2;1-2H3;2H2,1H3;1H. The van der Waals surface area contributed by atoms with Crippen LogP contribution in [-0.4, -0.2) is 105 Å². The van der Waals surface area contributed by atoms with Crippen molar-refractivity contribution >= 4 is 23.9 Å². The Balaban J connectivity index is 0.00000117. The Morgan fingerprint density at radius 2 is 1.51 bits per heavy atom. The van der Waals surface area contributed by atoms with E-state index in [4.69, 9.17) is 14.5 Å². The zero-order valence-corrected chi connectivity index (χ0v) is 22.3. The Morgan fingerprint density at radius 1 is 0.943 bits per heavy atom. The van der Waals surface area contributed by atoms with Crippen LogP contribution in [0.15, 0.2) is 29.2 Å². The average Bonchev–Trinajstić information content (AvgIpc) is 2.91. The van der Waals surface area contributed by atoms with Crippen molar-refractivity contribution in [1.82, 2.24) is 24.5 Å². The summed E-state index contributed by atoms with van der Waals surface area (Å²) in [4.78, 5) is 22.6. The third-order valence-corrected chi connectivity index (χ3v) is 5.66. The van der Waals surface area contributed by atoms with Crippen LogP contribution in [0, 0.1) is 0 Å². The van der Waals surface area contributed by atoms with Gasteiger partial charge in [-0.25, -0.2) is 4.98 Å². The second-order valence-electron chi connectivity index (χ2n) is 7.68. The second-order valence-corrected chi connectivity index (χ2v) is 7.68. The van der Waals surface area contributed by atoms with Gasteiger partial charge in [0.2, 0.25) is 0 Å². The van der Waals surface area contributed by atoms with Crippen LogP contribution in [0.2, 0.25) is 0 Å². The number of hydrogen-bond acceptors (Lipinski definition) is 9. The maximum Gasteiger partial charge on any atom is 0.264 e. The number of halogens is 1. The van der Waals surface area contributed by atoms with Gasteiger partial charge in [0, 0.05) is 65.1 Å². The van der Waals surface area contributed by atoms with Gasteiger partial charge in [-0.3, -0.25) is 19.0 Å². The molecule has 0 aliphatic carbocycles. The molecule has 2 aliphatic rings. The zero-order chi connectivity index (χ0) is 24.6. The molecule has 0 atom stereocenters. The molecule has 2 aromatic heterocycles. The van der Waals surface area contributed by atoms with Crippen molar-refractivity contribution in [3.05, 3.63) is 40.3 Å². The molecule has 35 heavy (non-hydrogen) atoms. The molecule has 0 bridgehead atoms. The first-order valence-corrected chi connectivity index (χ1v) is 12.4. The lowest BCUT2D eigenvalue weighted by Gasteiger charge is -2.27. The molecule has 0 spiro atoms. The maximum atomic E-state index is 13.1. The number of nitrogens with two attached hydrogens (primary N) is 1. The van der Waals surface area contributed by atoms with E-state index in [2.05, 4.69) is 26.2 Å². The highest BCUT2D eigenvalue weighted by Crippen LogP contribution is 2.11. The van der Waals surface area contributed by atoms with Gasteiger partial charge in [-0.2, -0.15) is 0 Å². The Labute approximate surface area is 215 Å². The van der Waals surface area contributed by atoms with Gasteiger partial charge in [-0.1, -0.05) is 19.9 Å². The highest BCUT2D eigenvalue weighted by atomic mass is 35.5. The lowest BCUT2D eigenvalue weighted by atomic mass is 10.2. The molecule has 2 aromatic rings. The molecule has 11 heteroatoms. The molecule has 4 N–H and O–H groups in total. The van der Waals surface area contributed by atoms with Crippen LogP contribution in [-0.2, 0) is 16.0 Å². The van der Waals surface area contributed by atoms with Gasteiger partial charge in [0.1, 0.15) is 11.5 Å². The molecule has 200 valence electrons. The predicted molar refractivity (Wildman–Crippen MR) is 145 cm³/mol. The van der Waals surface area contributed by atoms with Crippen molar-refractivity contribution in [2.75, 3.05) is 91.2 Å². The molecule has 2 saturated heterocycles. The summed E-state index contributed by atoms with van der Waals surface area (Å²) in [7, 11) is 1.50. The van der Waals surface area contributed by atoms with Crippen LogP contribution in [0.5, 0.6) is 0 Å². The number of nitrogens with one attached hydrogen (secondary N) is 2. The Hall–Kier alpha value is -1.79. The van der Waals surface area contributed by atoms with E-state index in [0.29, 0.717) is 23.6 Å². The summed E-state index contributed by atoms with van der Waals surface area (Å²) in [6, 6.07) is 5.63. The minimum Gasteiger partial charge on any atom is -0.379 e. The van der Waals surface area contributed by atoms with Crippen LogP contribution in [0.25, 0.3) is 5.65 Å². The third kappa shape index (κ3) is 10.0. The van der Waals surface area contributed by atoms with Crippen molar-refractivity contribution in [2.45, 2.75) is 20.4 Å². The summed E-state index contributed by atoms with van der Waals surface area (Å²) < 4.78 is 12.4. The number of rotatable bonds is 9. The summed E-state index contributed by atoms with van der Waals surface area (Å²) in [5.41, 5.74) is 5.82. The summed E-state index contributed by atoms with van der Waals surface area (Å²) in [5.74, 6) is 0.679. The van der Waals surface area contributed by atoms with Gasteiger partial charge >= 0.3 is 0 Å². The van der Waals surface area contributed by atoms with E-state index < -0.39 is 0 Å². The molecule has 0 amide bonds. The van der Waals surface area contributed by atoms with E-state index in [-0.39, 0.29) is 18.0 Å². The average molecular weight is 514 g/mol. The highest BCUT2D eigenvalue weighted by Gasteiger charge is 2.15. The molecule has 2 aliphatic heterocycles. The molecule has 4 rings (SSSR count). The van der Waals surface area contributed by atoms with E-state index >= 15 is 0 Å². The Morgan fingerprint density at radius 3 is 2.11 bits per heavy atom. The number of anilines is 1. The number of aromatic nitrogens is 2. The van der Waals surface area contributed by atoms with Crippen LogP contribution >= 0.6 is 12.4 Å². The summed E-state index contributed by atoms with van der Waals surface area (Å²) in [5, 5.41) is 6.84. The van der Waals surface area contributed by atoms with Crippen molar-refractivity contribution < 1.29 is 9.47 Å². The molecular formula is C24H44ClN7O3. The minimum absolute atomic E-state index is 0. The van der Waals surface area contributed by atoms with E-state index in [1.54, 1.807) is 10.6 Å². The SMILES string of the molecule is CC.CN.Cl.O=c1c(CNCCN2CCOCC2)c(NCCN2CCOCC2)nc2ccccn12. The Bertz CT molecular complexity index is 872. The number of hydrogen-bond donors (Lipinski definition) is 3. The third-order valence-electron chi connectivity index (χ3n) is 5.66. The lowest BCUT2D eigenvalue weighted by molar-refractivity contribution is 0.0384. The number of morpholine rings is 2. The molecule has 2 fully saturated rings. The first kappa shape index (κ1) is 31.2. The fourth-order valence-corrected chi connectivity index (χ4v) is 3.86. The normalized spacial score (nSPS) is 16.3. The number of pyridine rings is 1. The smallest absolute Gasteiger partial charge is 0.264 e. The molecule has 0 unspecified atom stereocenters. The van der Waals surface area contributed by atoms with Crippen LogP contribution in [0.1, 0.15) is 19.4 Å². The molecule has 0 radical (unpaired) electrons. The van der Waals surface area contributed by atoms with Crippen LogP contribution in [0.3, 0.4) is 0 Å². The first-order chi connectivity index (χ1) is 16.8. The molecule has 0 aromatic carbocycles. The van der Waals surface area contributed by atoms with E-state index in [1.807, 2.05) is 32.0 Å². The van der Waals surface area contributed by atoms with Crippen LogP contribution in [0.4, 0.5) is 5.82 Å². The number of ether oxygens (including phenoxy) is 2. The zero-order valence-electron chi connectivity index (χ0n) is 21.5. The largest absolute Gasteiger partial charge is 0.379 e. The summed E-state index contributed by atoms with van der Waals surface area (Å²) in [6.07, 6.45) is 1.78. The van der Waals surface area contributed by atoms with Crippen molar-refractivity contribution in [3.63, 3.8) is 0 Å². The second kappa shape index (κ2) is 18.5. The summed E-state index contributed by atoms with van der Waals surface area (Å²) >= 11 is 0. The first-order valence-electron chi connectivity index (χ1n) is 12.4. The lowest BCUT2D eigenvalue weighted by Crippen LogP contribution is -2.40. The van der Waals surface area contributed by atoms with E-state index in [9.17, 15) is 4.79 Å². The number of nitrogens with zero attached hydrogens (tertiary/aromatic N) is 4. The van der Waals surface area contributed by atoms with Crippen molar-refractivity contribution in [2.24, 2.45) is 5.73 Å². The van der Waals surface area contributed by atoms with Crippen molar-refractivity contribution in [1.29, 1.82) is 0 Å². The fraction of sp³-hybridized carbons (Fsp3) is 0.667. The summed E-state index contributed by atoms with van der Waals surface area (Å²) in [6.45, 7) is 14.9. The minimum atomic E-state index is -0.0201. The van der Waals surface area contributed by atoms with Crippen LogP contribution < -0.4 is 21.9 Å². The molecule has 10 nitrogen and oxygen atoms in total. The monoisotopic (exact) mass is 513 g/mol. The quantitative estimate of drug-likeness (QED) is 0.421. The topological polar surface area (TPSA) is 109 Å². The van der Waals surface area contributed by atoms with Gasteiger partial charge in [0.15, 0.2) is 0 Å². The predicted octanol–water partition coefficient (Wildman–Crippen LogP) is 0.883. The van der Waals surface area contributed by atoms with E-state index in [1.165, 1.54) is 7.05 Å². The van der Waals surface area contributed by atoms with Crippen molar-refractivity contribution in [3.8, 4) is 0 Å². The Kier molecular flexibility index (Phi) is 16.5. The molecule has 0 saturated carbocycles. The van der Waals surface area contributed by atoms with Gasteiger partial charge < -0.3 is 25.8 Å².